The van der Waals surface area contributed by atoms with Gasteiger partial charge in [-0.25, -0.2) is 9.37 Å². The first kappa shape index (κ1) is 24.8. The molecule has 9 heteroatoms. The van der Waals surface area contributed by atoms with Crippen LogP contribution in [0.5, 0.6) is 0 Å². The third-order valence-corrected chi connectivity index (χ3v) is 6.48. The van der Waals surface area contributed by atoms with Gasteiger partial charge in [0.1, 0.15) is 11.5 Å². The number of anilines is 2. The van der Waals surface area contributed by atoms with Crippen LogP contribution >= 0.6 is 0 Å². The Bertz CT molecular complexity index is 1200. The fourth-order valence-corrected chi connectivity index (χ4v) is 4.46. The van der Waals surface area contributed by atoms with Gasteiger partial charge in [0.15, 0.2) is 0 Å². The number of hydrogen-bond acceptors (Lipinski definition) is 4. The number of nitrogens with zero attached hydrogens (tertiary/aromatic N) is 2. The first-order valence-corrected chi connectivity index (χ1v) is 11.6. The number of nitrogens with one attached hydrogen (secondary N) is 2. The van der Waals surface area contributed by atoms with Crippen molar-refractivity contribution in [2.75, 3.05) is 30.9 Å². The molecule has 1 aliphatic rings. The molecule has 0 saturated heterocycles. The number of benzene rings is 2. The molecule has 0 unspecified atom stereocenters. The van der Waals surface area contributed by atoms with Crippen LogP contribution in [0.1, 0.15) is 41.7 Å². The van der Waals surface area contributed by atoms with Gasteiger partial charge in [-0.1, -0.05) is 18.2 Å². The number of para-hydroxylation sites is 1. The van der Waals surface area contributed by atoms with E-state index in [9.17, 15) is 22.4 Å². The fraction of sp³-hybridized carbons (Fsp3) is 0.385. The van der Waals surface area contributed by atoms with E-state index in [0.29, 0.717) is 28.8 Å². The zero-order chi connectivity index (χ0) is 25.2. The second kappa shape index (κ2) is 10.1. The molecule has 5 nitrogen and oxygen atoms in total. The van der Waals surface area contributed by atoms with Crippen LogP contribution in [0.2, 0.25) is 0 Å². The van der Waals surface area contributed by atoms with Crippen molar-refractivity contribution in [2.24, 2.45) is 5.92 Å². The van der Waals surface area contributed by atoms with E-state index in [1.807, 2.05) is 0 Å². The van der Waals surface area contributed by atoms with Gasteiger partial charge in [-0.3, -0.25) is 4.79 Å². The lowest BCUT2D eigenvalue weighted by Crippen LogP contribution is -2.38. The highest BCUT2D eigenvalue weighted by Gasteiger charge is 2.33. The van der Waals surface area contributed by atoms with Crippen LogP contribution in [-0.4, -0.2) is 37.6 Å². The van der Waals surface area contributed by atoms with Crippen LogP contribution in [0.15, 0.2) is 48.5 Å². The summed E-state index contributed by atoms with van der Waals surface area (Å²) in [6, 6.07) is 12.3. The van der Waals surface area contributed by atoms with Gasteiger partial charge >= 0.3 is 6.18 Å². The topological polar surface area (TPSA) is 57.3 Å². The van der Waals surface area contributed by atoms with Gasteiger partial charge in [-0.2, -0.15) is 13.2 Å². The van der Waals surface area contributed by atoms with Crippen molar-refractivity contribution < 1.29 is 22.4 Å². The number of carbonyl (C=O) groups excluding carboxylic acids is 1. The Morgan fingerprint density at radius 3 is 2.43 bits per heavy atom. The number of hydrogen-bond donors (Lipinski definition) is 2. The van der Waals surface area contributed by atoms with E-state index >= 15 is 0 Å². The summed E-state index contributed by atoms with van der Waals surface area (Å²) < 4.78 is 54.3. The molecule has 0 radical (unpaired) electrons. The average molecular weight is 489 g/mol. The van der Waals surface area contributed by atoms with Crippen molar-refractivity contribution in [1.82, 2.24) is 10.3 Å². The summed E-state index contributed by atoms with van der Waals surface area (Å²) in [5.41, 5.74) is 0.480. The van der Waals surface area contributed by atoms with E-state index in [2.05, 4.69) is 15.6 Å². The summed E-state index contributed by atoms with van der Waals surface area (Å²) in [6.45, 7) is 0.520. The molecule has 2 N–H and O–H groups in total. The number of carbonyl (C=O) groups is 1. The molecule has 1 aromatic heterocycles. The van der Waals surface area contributed by atoms with Gasteiger partial charge in [-0.15, -0.1) is 0 Å². The number of aromatic nitrogens is 1. The van der Waals surface area contributed by atoms with Crippen LogP contribution in [0, 0.1) is 11.7 Å². The van der Waals surface area contributed by atoms with Crippen molar-refractivity contribution in [3.8, 4) is 0 Å². The molecular weight excluding hydrogens is 460 g/mol. The minimum absolute atomic E-state index is 0.0180. The summed E-state index contributed by atoms with van der Waals surface area (Å²) in [5, 5.41) is 6.76. The zero-order valence-corrected chi connectivity index (χ0v) is 19.6. The summed E-state index contributed by atoms with van der Waals surface area (Å²) in [4.78, 5) is 18.1. The molecule has 186 valence electrons. The first-order valence-electron chi connectivity index (χ1n) is 11.6. The Morgan fingerprint density at radius 1 is 1.06 bits per heavy atom. The summed E-state index contributed by atoms with van der Waals surface area (Å²) >= 11 is 0. The Hall–Kier alpha value is -3.36. The summed E-state index contributed by atoms with van der Waals surface area (Å²) in [6.07, 6.45) is -1.48. The lowest BCUT2D eigenvalue weighted by Gasteiger charge is -2.29. The van der Waals surface area contributed by atoms with Gasteiger partial charge in [0, 0.05) is 43.4 Å². The number of halogens is 4. The summed E-state index contributed by atoms with van der Waals surface area (Å²) in [5.74, 6) is -0.743. The molecule has 1 heterocycles. The van der Waals surface area contributed by atoms with Gasteiger partial charge in [0.2, 0.25) is 0 Å². The zero-order valence-electron chi connectivity index (χ0n) is 19.6. The Kier molecular flexibility index (Phi) is 7.14. The van der Waals surface area contributed by atoms with Crippen LogP contribution in [-0.2, 0) is 6.18 Å². The fourth-order valence-electron chi connectivity index (χ4n) is 4.46. The van der Waals surface area contributed by atoms with Gasteiger partial charge in [-0.05, 0) is 61.9 Å². The maximum atomic E-state index is 14.4. The monoisotopic (exact) mass is 488 g/mol. The van der Waals surface area contributed by atoms with Gasteiger partial charge in [0.05, 0.1) is 11.1 Å². The number of rotatable bonds is 6. The highest BCUT2D eigenvalue weighted by Crippen LogP contribution is 2.34. The van der Waals surface area contributed by atoms with Gasteiger partial charge < -0.3 is 15.5 Å². The number of fused-ring (bicyclic) bond motifs is 1. The molecule has 3 aromatic rings. The SMILES string of the molecule is CN(C)c1ccc(C(=O)N[C@H]2CC[C@@H](CNc3cc(C(F)(F)F)nc4ccccc34)CC2)c(F)c1. The lowest BCUT2D eigenvalue weighted by molar-refractivity contribution is -0.140. The van der Waals surface area contributed by atoms with Crippen LogP contribution in [0.3, 0.4) is 0 Å². The molecule has 2 aromatic carbocycles. The van der Waals surface area contributed by atoms with E-state index in [1.165, 1.54) is 12.1 Å². The molecule has 4 rings (SSSR count). The predicted molar refractivity (Wildman–Crippen MR) is 129 cm³/mol. The molecule has 1 amide bonds. The number of alkyl halides is 3. The molecule has 1 aliphatic carbocycles. The molecule has 0 bridgehead atoms. The lowest BCUT2D eigenvalue weighted by atomic mass is 9.85. The Morgan fingerprint density at radius 2 is 1.77 bits per heavy atom. The molecule has 0 atom stereocenters. The second-order valence-corrected chi connectivity index (χ2v) is 9.20. The second-order valence-electron chi connectivity index (χ2n) is 9.20. The first-order chi connectivity index (χ1) is 16.6. The normalized spacial score (nSPS) is 18.3. The van der Waals surface area contributed by atoms with Gasteiger partial charge in [0.25, 0.3) is 5.91 Å². The molecule has 0 aliphatic heterocycles. The van der Waals surface area contributed by atoms with E-state index < -0.39 is 23.6 Å². The van der Waals surface area contributed by atoms with Crippen molar-refractivity contribution in [2.45, 2.75) is 37.9 Å². The third-order valence-electron chi connectivity index (χ3n) is 6.48. The van der Waals surface area contributed by atoms with E-state index in [4.69, 9.17) is 0 Å². The van der Waals surface area contributed by atoms with Crippen molar-refractivity contribution in [3.63, 3.8) is 0 Å². The largest absolute Gasteiger partial charge is 0.433 e. The Labute approximate surface area is 201 Å². The van der Waals surface area contributed by atoms with E-state index in [-0.39, 0.29) is 17.5 Å². The standard InChI is InChI=1S/C26H28F4N4O/c1-34(2)18-11-12-19(21(27)13-18)25(35)32-17-9-7-16(8-10-17)15-31-23-14-24(26(28,29)30)33-22-6-4-3-5-20(22)23/h3-6,11-14,16-17H,7-10,15H2,1-2H3,(H,31,33)(H,32,35)/t16-,17+. The maximum Gasteiger partial charge on any atom is 0.433 e. The Balaban J connectivity index is 1.34. The van der Waals surface area contributed by atoms with Crippen molar-refractivity contribution >= 4 is 28.2 Å². The van der Waals surface area contributed by atoms with E-state index in [1.54, 1.807) is 49.3 Å². The molecule has 0 spiro atoms. The minimum Gasteiger partial charge on any atom is -0.384 e. The predicted octanol–water partition coefficient (Wildman–Crippen LogP) is 5.86. The summed E-state index contributed by atoms with van der Waals surface area (Å²) in [7, 11) is 3.60. The van der Waals surface area contributed by atoms with E-state index in [0.717, 1.165) is 31.7 Å². The van der Waals surface area contributed by atoms with Crippen LogP contribution in [0.25, 0.3) is 10.9 Å². The maximum absolute atomic E-state index is 14.4. The minimum atomic E-state index is -4.52. The van der Waals surface area contributed by atoms with Crippen molar-refractivity contribution in [1.29, 1.82) is 0 Å². The average Bonchev–Trinajstić information content (AvgIpc) is 2.82. The highest BCUT2D eigenvalue weighted by molar-refractivity contribution is 5.95. The number of amides is 1. The third kappa shape index (κ3) is 5.83. The molecule has 1 fully saturated rings. The molecule has 1 saturated carbocycles. The number of pyridine rings is 1. The smallest absolute Gasteiger partial charge is 0.384 e. The highest BCUT2D eigenvalue weighted by atomic mass is 19.4. The van der Waals surface area contributed by atoms with Crippen LogP contribution in [0.4, 0.5) is 28.9 Å². The molecular formula is C26H28F4N4O. The molecule has 35 heavy (non-hydrogen) atoms. The quantitative estimate of drug-likeness (QED) is 0.427. The van der Waals surface area contributed by atoms with Crippen molar-refractivity contribution in [3.05, 3.63) is 65.6 Å². The van der Waals surface area contributed by atoms with Crippen LogP contribution < -0.4 is 15.5 Å².